The van der Waals surface area contributed by atoms with Crippen LogP contribution in [0.25, 0.3) is 0 Å². The lowest BCUT2D eigenvalue weighted by Gasteiger charge is -2.10. The van der Waals surface area contributed by atoms with E-state index in [-0.39, 0.29) is 12.6 Å². The van der Waals surface area contributed by atoms with E-state index in [2.05, 4.69) is 5.32 Å². The molecular formula is C10H15N3O2. The zero-order chi connectivity index (χ0) is 11.3. The Morgan fingerprint density at radius 3 is 2.47 bits per heavy atom. The standard InChI is InChI=1S/C10H15N3O2/c11-9(5-6-14)7-1-3-8(4-2-7)13-10(12)15/h1-4,9,14H,5-6,11H2,(H3,12,13,15). The maximum absolute atomic E-state index is 10.5. The minimum absolute atomic E-state index is 0.0580. The van der Waals surface area contributed by atoms with Gasteiger partial charge in [0, 0.05) is 18.3 Å². The number of hydrogen-bond donors (Lipinski definition) is 4. The van der Waals surface area contributed by atoms with E-state index in [4.69, 9.17) is 16.6 Å². The van der Waals surface area contributed by atoms with Crippen molar-refractivity contribution in [3.05, 3.63) is 29.8 Å². The minimum Gasteiger partial charge on any atom is -0.396 e. The van der Waals surface area contributed by atoms with Crippen LogP contribution in [-0.4, -0.2) is 17.7 Å². The smallest absolute Gasteiger partial charge is 0.316 e. The molecule has 1 aromatic carbocycles. The van der Waals surface area contributed by atoms with Crippen molar-refractivity contribution >= 4 is 11.7 Å². The van der Waals surface area contributed by atoms with E-state index in [1.807, 2.05) is 0 Å². The van der Waals surface area contributed by atoms with Crippen molar-refractivity contribution in [2.45, 2.75) is 12.5 Å². The zero-order valence-corrected chi connectivity index (χ0v) is 8.31. The van der Waals surface area contributed by atoms with Crippen molar-refractivity contribution in [1.29, 1.82) is 0 Å². The number of nitrogens with one attached hydrogen (secondary N) is 1. The molecule has 0 fully saturated rings. The fourth-order valence-electron chi connectivity index (χ4n) is 1.26. The number of rotatable bonds is 4. The van der Waals surface area contributed by atoms with E-state index in [0.29, 0.717) is 12.1 Å². The Balaban J connectivity index is 2.67. The third-order valence-corrected chi connectivity index (χ3v) is 2.05. The highest BCUT2D eigenvalue weighted by Crippen LogP contribution is 2.16. The Bertz CT molecular complexity index is 324. The predicted molar refractivity (Wildman–Crippen MR) is 58.3 cm³/mol. The molecule has 1 aromatic rings. The lowest BCUT2D eigenvalue weighted by atomic mass is 10.0. The summed E-state index contributed by atoms with van der Waals surface area (Å²) in [6, 6.07) is 6.26. The molecule has 1 rings (SSSR count). The van der Waals surface area contributed by atoms with Crippen LogP contribution in [0.5, 0.6) is 0 Å². The largest absolute Gasteiger partial charge is 0.396 e. The van der Waals surface area contributed by atoms with Gasteiger partial charge in [-0.1, -0.05) is 12.1 Å². The average Bonchev–Trinajstić information content (AvgIpc) is 2.18. The molecule has 0 aliphatic heterocycles. The summed E-state index contributed by atoms with van der Waals surface area (Å²) in [5.41, 5.74) is 12.3. The van der Waals surface area contributed by atoms with E-state index >= 15 is 0 Å². The van der Waals surface area contributed by atoms with E-state index in [1.165, 1.54) is 0 Å². The van der Waals surface area contributed by atoms with Crippen LogP contribution in [0.2, 0.25) is 0 Å². The Morgan fingerprint density at radius 1 is 1.40 bits per heavy atom. The molecule has 6 N–H and O–H groups in total. The molecule has 1 unspecified atom stereocenters. The van der Waals surface area contributed by atoms with Gasteiger partial charge in [0.2, 0.25) is 0 Å². The summed E-state index contributed by atoms with van der Waals surface area (Å²) in [6.45, 7) is 0.0580. The number of hydrogen-bond acceptors (Lipinski definition) is 3. The zero-order valence-electron chi connectivity index (χ0n) is 8.31. The quantitative estimate of drug-likeness (QED) is 0.582. The van der Waals surface area contributed by atoms with Crippen LogP contribution in [0, 0.1) is 0 Å². The predicted octanol–water partition coefficient (Wildman–Crippen LogP) is 0.559. The van der Waals surface area contributed by atoms with Gasteiger partial charge in [0.05, 0.1) is 0 Å². The molecule has 0 spiro atoms. The second kappa shape index (κ2) is 5.33. The molecule has 0 aromatic heterocycles. The van der Waals surface area contributed by atoms with Crippen LogP contribution in [0.4, 0.5) is 10.5 Å². The Morgan fingerprint density at radius 2 is 2.00 bits per heavy atom. The van der Waals surface area contributed by atoms with Gasteiger partial charge in [0.25, 0.3) is 0 Å². The number of aliphatic hydroxyl groups excluding tert-OH is 1. The molecule has 1 atom stereocenters. The van der Waals surface area contributed by atoms with Crippen molar-refractivity contribution in [3.63, 3.8) is 0 Å². The summed E-state index contributed by atoms with van der Waals surface area (Å²) in [7, 11) is 0. The van der Waals surface area contributed by atoms with Gasteiger partial charge in [-0.2, -0.15) is 0 Å². The van der Waals surface area contributed by atoms with Gasteiger partial charge in [-0.15, -0.1) is 0 Å². The van der Waals surface area contributed by atoms with Crippen molar-refractivity contribution in [2.24, 2.45) is 11.5 Å². The number of amides is 2. The second-order valence-electron chi connectivity index (χ2n) is 3.23. The van der Waals surface area contributed by atoms with Gasteiger partial charge < -0.3 is 21.9 Å². The monoisotopic (exact) mass is 209 g/mol. The topological polar surface area (TPSA) is 101 Å². The van der Waals surface area contributed by atoms with Crippen LogP contribution in [0.3, 0.4) is 0 Å². The first kappa shape index (κ1) is 11.5. The van der Waals surface area contributed by atoms with E-state index < -0.39 is 6.03 Å². The summed E-state index contributed by atoms with van der Waals surface area (Å²) in [6.07, 6.45) is 0.516. The Hall–Kier alpha value is -1.59. The summed E-state index contributed by atoms with van der Waals surface area (Å²) >= 11 is 0. The molecule has 0 radical (unpaired) electrons. The van der Waals surface area contributed by atoms with E-state index in [1.54, 1.807) is 24.3 Å². The molecule has 2 amide bonds. The lowest BCUT2D eigenvalue weighted by molar-refractivity contribution is 0.259. The van der Waals surface area contributed by atoms with Crippen LogP contribution in [0.1, 0.15) is 18.0 Å². The molecule has 0 heterocycles. The first-order valence-electron chi connectivity index (χ1n) is 4.66. The molecule has 0 saturated carbocycles. The van der Waals surface area contributed by atoms with Crippen LogP contribution < -0.4 is 16.8 Å². The maximum Gasteiger partial charge on any atom is 0.316 e. The lowest BCUT2D eigenvalue weighted by Crippen LogP contribution is -2.19. The highest BCUT2D eigenvalue weighted by atomic mass is 16.3. The summed E-state index contributed by atoms with van der Waals surface area (Å²) in [5.74, 6) is 0. The molecule has 82 valence electrons. The van der Waals surface area contributed by atoms with Crippen LogP contribution in [0.15, 0.2) is 24.3 Å². The third-order valence-electron chi connectivity index (χ3n) is 2.05. The number of anilines is 1. The summed E-state index contributed by atoms with van der Waals surface area (Å²) < 4.78 is 0. The number of carbonyl (C=O) groups excluding carboxylic acids is 1. The average molecular weight is 209 g/mol. The fraction of sp³-hybridized carbons (Fsp3) is 0.300. The number of primary amides is 1. The first-order chi connectivity index (χ1) is 7.13. The number of carbonyl (C=O) groups is 1. The van der Waals surface area contributed by atoms with Crippen molar-refractivity contribution in [3.8, 4) is 0 Å². The second-order valence-corrected chi connectivity index (χ2v) is 3.23. The summed E-state index contributed by atoms with van der Waals surface area (Å²) in [5, 5.41) is 11.2. The van der Waals surface area contributed by atoms with Gasteiger partial charge in [-0.05, 0) is 24.1 Å². The molecule has 0 saturated heterocycles. The highest BCUT2D eigenvalue weighted by Gasteiger charge is 2.04. The molecule has 0 bridgehead atoms. The number of urea groups is 1. The maximum atomic E-state index is 10.5. The SMILES string of the molecule is NC(=O)Nc1ccc(C(N)CCO)cc1. The molecular weight excluding hydrogens is 194 g/mol. The summed E-state index contributed by atoms with van der Waals surface area (Å²) in [4.78, 5) is 10.5. The van der Waals surface area contributed by atoms with Gasteiger partial charge >= 0.3 is 6.03 Å². The molecule has 0 aliphatic carbocycles. The van der Waals surface area contributed by atoms with Crippen molar-refractivity contribution < 1.29 is 9.90 Å². The van der Waals surface area contributed by atoms with E-state index in [0.717, 1.165) is 5.56 Å². The fourth-order valence-corrected chi connectivity index (χ4v) is 1.26. The third kappa shape index (κ3) is 3.57. The molecule has 5 heteroatoms. The first-order valence-corrected chi connectivity index (χ1v) is 4.66. The Kier molecular flexibility index (Phi) is 4.08. The van der Waals surface area contributed by atoms with Crippen LogP contribution in [-0.2, 0) is 0 Å². The number of aliphatic hydroxyl groups is 1. The van der Waals surface area contributed by atoms with Gasteiger partial charge in [-0.25, -0.2) is 4.79 Å². The normalized spacial score (nSPS) is 12.1. The number of nitrogens with two attached hydrogens (primary N) is 2. The Labute approximate surface area is 88.1 Å². The molecule has 0 aliphatic rings. The van der Waals surface area contributed by atoms with Gasteiger partial charge in [0.15, 0.2) is 0 Å². The highest BCUT2D eigenvalue weighted by molar-refractivity contribution is 5.87. The number of benzene rings is 1. The van der Waals surface area contributed by atoms with Crippen LogP contribution >= 0.6 is 0 Å². The van der Waals surface area contributed by atoms with E-state index in [9.17, 15) is 4.79 Å². The van der Waals surface area contributed by atoms with Crippen molar-refractivity contribution in [1.82, 2.24) is 0 Å². The van der Waals surface area contributed by atoms with Gasteiger partial charge in [0.1, 0.15) is 0 Å². The van der Waals surface area contributed by atoms with Gasteiger partial charge in [-0.3, -0.25) is 0 Å². The van der Waals surface area contributed by atoms with Crippen molar-refractivity contribution in [2.75, 3.05) is 11.9 Å². The molecule has 5 nitrogen and oxygen atoms in total. The minimum atomic E-state index is -0.595. The molecule has 15 heavy (non-hydrogen) atoms.